The molecule has 0 saturated carbocycles. The fourth-order valence-electron chi connectivity index (χ4n) is 0. The van der Waals surface area contributed by atoms with Crippen LogP contribution in [0.3, 0.4) is 0 Å². The molecule has 0 aromatic rings. The van der Waals surface area contributed by atoms with Gasteiger partial charge in [0.25, 0.3) is 0 Å². The van der Waals surface area contributed by atoms with Crippen molar-refractivity contribution < 1.29 is 0 Å². The molecule has 0 unspecified atom stereocenters. The van der Waals surface area contributed by atoms with E-state index < -0.39 is 0 Å². The second kappa shape index (κ2) is 4.58. The van der Waals surface area contributed by atoms with Crippen molar-refractivity contribution in [3.05, 3.63) is 0 Å². The summed E-state index contributed by atoms with van der Waals surface area (Å²) >= 11 is 11.0. The molecule has 0 aromatic heterocycles. The van der Waals surface area contributed by atoms with E-state index in [9.17, 15) is 0 Å². The summed E-state index contributed by atoms with van der Waals surface area (Å²) in [5.74, 6) is 0. The van der Waals surface area contributed by atoms with Gasteiger partial charge < -0.3 is 0 Å². The Bertz CT molecular complexity index is 53.1. The first-order valence-corrected chi connectivity index (χ1v) is 17.8. The van der Waals surface area contributed by atoms with Crippen LogP contribution in [0.1, 0.15) is 0 Å². The molecule has 6 heavy (non-hydrogen) atoms. The van der Waals surface area contributed by atoms with Crippen molar-refractivity contribution in [2.24, 2.45) is 0 Å². The van der Waals surface area contributed by atoms with Gasteiger partial charge in [-0.2, -0.15) is 0 Å². The van der Waals surface area contributed by atoms with Gasteiger partial charge in [0.15, 0.2) is 0 Å². The van der Waals surface area contributed by atoms with Crippen LogP contribution in [-0.4, -0.2) is 12.2 Å². The van der Waals surface area contributed by atoms with E-state index in [1.165, 1.54) is 0 Å². The summed E-state index contributed by atoms with van der Waals surface area (Å²) < 4.78 is -0.198. The van der Waals surface area contributed by atoms with Gasteiger partial charge in [0.05, 0.1) is 0 Å². The Morgan fingerprint density at radius 1 is 1.33 bits per heavy atom. The molecule has 0 saturated heterocycles. The van der Waals surface area contributed by atoms with Gasteiger partial charge in [0.2, 0.25) is 0 Å². The monoisotopic (exact) mass is 620 g/mol. The molecule has 0 aliphatic rings. The van der Waals surface area contributed by atoms with Crippen LogP contribution in [0, 0.1) is 0 Å². The van der Waals surface area contributed by atoms with Crippen molar-refractivity contribution >= 4 is 91.5 Å². The van der Waals surface area contributed by atoms with Crippen LogP contribution in [0.5, 0.6) is 0 Å². The number of rotatable bonds is 1. The predicted molar refractivity (Wildman–Crippen MR) is 69.4 cm³/mol. The maximum atomic E-state index is 3.11. The molecule has 0 rings (SSSR count). The molecule has 0 heterocycles. The third kappa shape index (κ3) is 7.79. The van der Waals surface area contributed by atoms with Crippen molar-refractivity contribution in [1.82, 2.24) is 0 Å². The SMILES string of the molecule is [Se]=IS(I)(I)I. The average molecular weight is 619 g/mol. The molecule has 0 bridgehead atoms. The first-order chi connectivity index (χ1) is 2.56. The van der Waals surface area contributed by atoms with E-state index >= 15 is 0 Å². The summed E-state index contributed by atoms with van der Waals surface area (Å²) in [6, 6.07) is 0. The van der Waals surface area contributed by atoms with E-state index in [0.717, 1.165) is 0 Å². The topological polar surface area (TPSA) is 0 Å². The molecule has 0 aliphatic carbocycles. The van der Waals surface area contributed by atoms with E-state index in [1.807, 2.05) is 0 Å². The van der Waals surface area contributed by atoms with Crippen LogP contribution < -0.4 is 0 Å². The summed E-state index contributed by atoms with van der Waals surface area (Å²) in [4.78, 5) is 0. The van der Waals surface area contributed by atoms with E-state index in [2.05, 4.69) is 75.8 Å². The van der Waals surface area contributed by atoms with Gasteiger partial charge in [-0.25, -0.2) is 0 Å². The van der Waals surface area contributed by atoms with Crippen LogP contribution in [-0.2, 0) is 0 Å². The standard InChI is InChI=1S/I4SSe/c1-5(2,3)4-6. The summed E-state index contributed by atoms with van der Waals surface area (Å²) in [7, 11) is 0. The van der Waals surface area contributed by atoms with Crippen LogP contribution in [0.2, 0.25) is 0 Å². The van der Waals surface area contributed by atoms with Crippen LogP contribution in [0.15, 0.2) is 0 Å². The van der Waals surface area contributed by atoms with Crippen molar-refractivity contribution in [3.8, 4) is 0 Å². The molecule has 6 heteroatoms. The van der Waals surface area contributed by atoms with Gasteiger partial charge in [0, 0.05) is 0 Å². The fourth-order valence-corrected chi connectivity index (χ4v) is 0. The van der Waals surface area contributed by atoms with Gasteiger partial charge in [-0.05, 0) is 0 Å². The van der Waals surface area contributed by atoms with Gasteiger partial charge in [-0.1, -0.05) is 0 Å². The summed E-state index contributed by atoms with van der Waals surface area (Å²) in [5, 5.41) is 0. The number of hydrogen-bond acceptors (Lipinski definition) is 0. The molecule has 0 aromatic carbocycles. The van der Waals surface area contributed by atoms with Crippen molar-refractivity contribution in [1.29, 1.82) is 0 Å². The van der Waals surface area contributed by atoms with E-state index in [-0.39, 0.29) is -1.29 Å². The second-order valence-corrected chi connectivity index (χ2v) is 53.8. The minimum atomic E-state index is -0.198. The molecule has 0 aliphatic heterocycles. The van der Waals surface area contributed by atoms with Crippen LogP contribution in [0.4, 0.5) is 0 Å². The van der Waals surface area contributed by atoms with Crippen molar-refractivity contribution in [2.75, 3.05) is 0 Å². The molecular formula is I4SSe. The second-order valence-electron chi connectivity index (χ2n) is 0.413. The first-order valence-electron chi connectivity index (χ1n) is 0.772. The first kappa shape index (κ1) is 9.79. The van der Waals surface area contributed by atoms with Gasteiger partial charge >= 0.3 is 91.5 Å². The number of hydrogen-bond donors (Lipinski definition) is 0. The summed E-state index contributed by atoms with van der Waals surface area (Å²) in [6.45, 7) is 0. The Hall–Kier alpha value is 3.79. The molecule has 0 atom stereocenters. The Balaban J connectivity index is 3.45. The van der Waals surface area contributed by atoms with Gasteiger partial charge in [0.1, 0.15) is 0 Å². The Kier molecular flexibility index (Phi) is 7.47. The molecule has 0 amide bonds. The average Bonchev–Trinajstić information content (AvgIpc) is 1.35. The Labute approximate surface area is 88.8 Å². The van der Waals surface area contributed by atoms with Gasteiger partial charge in [-0.15, -0.1) is 0 Å². The molecule has 0 fully saturated rings. The molecule has 0 spiro atoms. The summed E-state index contributed by atoms with van der Waals surface area (Å²) in [6.07, 6.45) is 0. The van der Waals surface area contributed by atoms with E-state index in [0.29, 0.717) is 17.0 Å². The third-order valence-corrected chi connectivity index (χ3v) is 50.1. The number of halogens is 4. The zero-order chi connectivity index (χ0) is 5.21. The zero-order valence-corrected chi connectivity index (χ0v) is 13.5. The normalized spacial score (nSPS) is 14.5. The van der Waals surface area contributed by atoms with Crippen molar-refractivity contribution in [2.45, 2.75) is 0 Å². The fraction of sp³-hybridized carbons (Fsp3) is 0. The molecule has 0 nitrogen and oxygen atoms in total. The molecular weight excluding hydrogens is 619 g/mol. The van der Waals surface area contributed by atoms with Gasteiger partial charge in [-0.3, -0.25) is 0 Å². The van der Waals surface area contributed by atoms with Crippen LogP contribution >= 0.6 is 79.3 Å². The maximum absolute atomic E-state index is 3.11. The zero-order valence-electron chi connectivity index (χ0n) is 2.33. The quantitative estimate of drug-likeness (QED) is 0.310. The predicted octanol–water partition coefficient (Wildman–Crippen LogP) is 3.81. The third-order valence-electron chi connectivity index (χ3n) is 0.0714. The Morgan fingerprint density at radius 2 is 1.50 bits per heavy atom. The molecule has 0 N–H and O–H groups in total. The summed E-state index contributed by atoms with van der Waals surface area (Å²) in [5.41, 5.74) is 0. The van der Waals surface area contributed by atoms with E-state index in [1.54, 1.807) is 0 Å². The van der Waals surface area contributed by atoms with Crippen molar-refractivity contribution in [3.63, 3.8) is 0 Å². The Morgan fingerprint density at radius 3 is 1.50 bits per heavy atom. The minimum absolute atomic E-state index is 0.198. The molecule has 0 radical (unpaired) electrons. The van der Waals surface area contributed by atoms with E-state index in [4.69, 9.17) is 0 Å². The molecule has 40 valence electrons. The van der Waals surface area contributed by atoms with Crippen LogP contribution in [0.25, 0.3) is 0 Å².